The van der Waals surface area contributed by atoms with Crippen molar-refractivity contribution in [3.63, 3.8) is 0 Å². The van der Waals surface area contributed by atoms with Gasteiger partial charge in [-0.05, 0) is 55.5 Å². The van der Waals surface area contributed by atoms with E-state index in [4.69, 9.17) is 14.2 Å². The Hall–Kier alpha value is -3.36. The fraction of sp³-hybridized carbons (Fsp3) is 0.333. The van der Waals surface area contributed by atoms with Crippen LogP contribution in [0.4, 0.5) is 0 Å². The lowest BCUT2D eigenvalue weighted by atomic mass is 10.0. The van der Waals surface area contributed by atoms with Crippen LogP contribution in [-0.4, -0.2) is 43.3 Å². The number of fused-ring (bicyclic) bond motifs is 1. The number of carbonyl (C=O) groups excluding carboxylic acids is 2. The average Bonchev–Trinajstić information content (AvgIpc) is 3.55. The van der Waals surface area contributed by atoms with Crippen molar-refractivity contribution in [3.8, 4) is 11.5 Å². The lowest BCUT2D eigenvalue weighted by Crippen LogP contribution is -2.43. The molecule has 0 fully saturated rings. The highest BCUT2D eigenvalue weighted by atomic mass is 32.1. The molecule has 2 amide bonds. The fourth-order valence-electron chi connectivity index (χ4n) is 3.89. The first-order valence-corrected chi connectivity index (χ1v) is 12.6. The van der Waals surface area contributed by atoms with Gasteiger partial charge in [-0.3, -0.25) is 9.59 Å². The van der Waals surface area contributed by atoms with Crippen LogP contribution in [0, 0.1) is 6.92 Å². The van der Waals surface area contributed by atoms with Gasteiger partial charge >= 0.3 is 0 Å². The van der Waals surface area contributed by atoms with E-state index < -0.39 is 6.04 Å². The lowest BCUT2D eigenvalue weighted by molar-refractivity contribution is -0.126. The Morgan fingerprint density at radius 2 is 1.91 bits per heavy atom. The van der Waals surface area contributed by atoms with E-state index >= 15 is 0 Å². The van der Waals surface area contributed by atoms with Gasteiger partial charge in [-0.25, -0.2) is 0 Å². The van der Waals surface area contributed by atoms with Gasteiger partial charge in [-0.2, -0.15) is 0 Å². The maximum Gasteiger partial charge on any atom is 0.255 e. The SMILES string of the molecule is CCOCCCNC(=O)[C@@H](c1ccc(C)cc1)N(Cc1cccs1)C(=O)c1ccc2c(c1)OCO2. The third kappa shape index (κ3) is 6.21. The quantitative estimate of drug-likeness (QED) is 0.391. The predicted octanol–water partition coefficient (Wildman–Crippen LogP) is 4.71. The normalized spacial score (nSPS) is 12.9. The van der Waals surface area contributed by atoms with E-state index in [9.17, 15) is 9.59 Å². The molecule has 1 aromatic heterocycles. The summed E-state index contributed by atoms with van der Waals surface area (Å²) in [7, 11) is 0. The van der Waals surface area contributed by atoms with Crippen molar-refractivity contribution in [1.29, 1.82) is 0 Å². The monoisotopic (exact) mass is 494 g/mol. The van der Waals surface area contributed by atoms with Crippen molar-refractivity contribution in [1.82, 2.24) is 10.2 Å². The smallest absolute Gasteiger partial charge is 0.255 e. The number of ether oxygens (including phenoxy) is 3. The first-order valence-electron chi connectivity index (χ1n) is 11.7. The molecule has 1 atom stereocenters. The summed E-state index contributed by atoms with van der Waals surface area (Å²) in [6.45, 7) is 6.04. The van der Waals surface area contributed by atoms with Crippen LogP contribution in [0.2, 0.25) is 0 Å². The Labute approximate surface area is 209 Å². The van der Waals surface area contributed by atoms with E-state index in [1.54, 1.807) is 34.4 Å². The Balaban J connectivity index is 1.66. The highest BCUT2D eigenvalue weighted by Crippen LogP contribution is 2.34. The van der Waals surface area contributed by atoms with Crippen LogP contribution in [0.1, 0.15) is 45.7 Å². The molecule has 0 spiro atoms. The van der Waals surface area contributed by atoms with Crippen molar-refractivity contribution in [2.45, 2.75) is 32.9 Å². The van der Waals surface area contributed by atoms with Crippen LogP contribution in [0.25, 0.3) is 0 Å². The molecule has 0 bridgehead atoms. The van der Waals surface area contributed by atoms with Crippen molar-refractivity contribution in [2.24, 2.45) is 0 Å². The maximum absolute atomic E-state index is 13.9. The van der Waals surface area contributed by atoms with Gasteiger partial charge in [0, 0.05) is 30.2 Å². The second-order valence-corrected chi connectivity index (χ2v) is 9.27. The van der Waals surface area contributed by atoms with E-state index in [-0.39, 0.29) is 18.6 Å². The molecule has 35 heavy (non-hydrogen) atoms. The van der Waals surface area contributed by atoms with E-state index in [1.807, 2.05) is 55.6 Å². The summed E-state index contributed by atoms with van der Waals surface area (Å²) in [5, 5.41) is 4.97. The van der Waals surface area contributed by atoms with Gasteiger partial charge in [-0.1, -0.05) is 35.9 Å². The van der Waals surface area contributed by atoms with Gasteiger partial charge < -0.3 is 24.4 Å². The van der Waals surface area contributed by atoms with Gasteiger partial charge in [-0.15, -0.1) is 11.3 Å². The number of thiophene rings is 1. The zero-order chi connectivity index (χ0) is 24.6. The zero-order valence-electron chi connectivity index (χ0n) is 20.0. The van der Waals surface area contributed by atoms with Crippen molar-refractivity contribution >= 4 is 23.2 Å². The second-order valence-electron chi connectivity index (χ2n) is 8.24. The van der Waals surface area contributed by atoms with Crippen LogP contribution >= 0.6 is 11.3 Å². The molecule has 0 radical (unpaired) electrons. The lowest BCUT2D eigenvalue weighted by Gasteiger charge is -2.31. The Morgan fingerprint density at radius 3 is 2.66 bits per heavy atom. The minimum atomic E-state index is -0.803. The van der Waals surface area contributed by atoms with Crippen molar-refractivity contribution < 1.29 is 23.8 Å². The third-order valence-corrected chi connectivity index (χ3v) is 6.57. The molecule has 184 valence electrons. The molecule has 1 aliphatic rings. The Morgan fingerprint density at radius 1 is 1.11 bits per heavy atom. The van der Waals surface area contributed by atoms with E-state index in [1.165, 1.54) is 0 Å². The highest BCUT2D eigenvalue weighted by Gasteiger charge is 2.33. The third-order valence-electron chi connectivity index (χ3n) is 5.71. The largest absolute Gasteiger partial charge is 0.454 e. The van der Waals surface area contributed by atoms with Crippen LogP contribution in [-0.2, 0) is 16.1 Å². The van der Waals surface area contributed by atoms with Crippen LogP contribution in [0.3, 0.4) is 0 Å². The number of nitrogens with zero attached hydrogens (tertiary/aromatic N) is 1. The molecule has 0 saturated heterocycles. The molecule has 4 rings (SSSR count). The van der Waals surface area contributed by atoms with Crippen LogP contribution < -0.4 is 14.8 Å². The Bertz CT molecular complexity index is 1130. The summed E-state index contributed by atoms with van der Waals surface area (Å²) in [5.41, 5.74) is 2.27. The summed E-state index contributed by atoms with van der Waals surface area (Å²) >= 11 is 1.55. The van der Waals surface area contributed by atoms with Gasteiger partial charge in [0.1, 0.15) is 6.04 Å². The minimum absolute atomic E-state index is 0.127. The van der Waals surface area contributed by atoms with Crippen molar-refractivity contribution in [2.75, 3.05) is 26.6 Å². The number of aryl methyl sites for hydroxylation is 1. The number of carbonyl (C=O) groups is 2. The van der Waals surface area contributed by atoms with Gasteiger partial charge in [0.2, 0.25) is 12.7 Å². The molecule has 3 aromatic rings. The first kappa shape index (κ1) is 24.8. The molecular weight excluding hydrogens is 464 g/mol. The first-order chi connectivity index (χ1) is 17.1. The molecule has 0 unspecified atom stereocenters. The minimum Gasteiger partial charge on any atom is -0.454 e. The number of nitrogens with one attached hydrogen (secondary N) is 1. The van der Waals surface area contributed by atoms with E-state index in [2.05, 4.69) is 5.32 Å². The molecule has 1 aliphatic heterocycles. The average molecular weight is 495 g/mol. The van der Waals surface area contributed by atoms with E-state index in [0.717, 1.165) is 16.0 Å². The van der Waals surface area contributed by atoms with Crippen LogP contribution in [0.5, 0.6) is 11.5 Å². The molecule has 8 heteroatoms. The summed E-state index contributed by atoms with van der Waals surface area (Å²) < 4.78 is 16.3. The summed E-state index contributed by atoms with van der Waals surface area (Å²) in [6.07, 6.45) is 0.696. The van der Waals surface area contributed by atoms with Gasteiger partial charge in [0.05, 0.1) is 6.54 Å². The number of benzene rings is 2. The molecule has 1 N–H and O–H groups in total. The molecule has 0 saturated carbocycles. The maximum atomic E-state index is 13.9. The molecule has 2 heterocycles. The second kappa shape index (κ2) is 11.9. The van der Waals surface area contributed by atoms with E-state index in [0.29, 0.717) is 49.8 Å². The Kier molecular flexibility index (Phi) is 8.39. The van der Waals surface area contributed by atoms with Gasteiger partial charge in [0.25, 0.3) is 5.91 Å². The van der Waals surface area contributed by atoms with Gasteiger partial charge in [0.15, 0.2) is 11.5 Å². The number of hydrogen-bond donors (Lipinski definition) is 1. The topological polar surface area (TPSA) is 77.1 Å². The van der Waals surface area contributed by atoms with Crippen molar-refractivity contribution in [3.05, 3.63) is 81.5 Å². The summed E-state index contributed by atoms with van der Waals surface area (Å²) in [4.78, 5) is 30.1. The molecule has 2 aromatic carbocycles. The highest BCUT2D eigenvalue weighted by molar-refractivity contribution is 7.09. The zero-order valence-corrected chi connectivity index (χ0v) is 20.8. The molecular formula is C27H30N2O5S. The number of rotatable bonds is 11. The number of amides is 2. The molecule has 7 nitrogen and oxygen atoms in total. The summed E-state index contributed by atoms with van der Waals surface area (Å²) in [6, 6.07) is 16.0. The summed E-state index contributed by atoms with van der Waals surface area (Å²) in [5.74, 6) is 0.649. The van der Waals surface area contributed by atoms with Crippen LogP contribution in [0.15, 0.2) is 60.0 Å². The number of hydrogen-bond acceptors (Lipinski definition) is 6. The standard InChI is InChI=1S/C27H30N2O5S/c1-3-32-14-5-13-28-26(30)25(20-9-7-19(2)8-10-20)29(17-22-6-4-15-35-22)27(31)21-11-12-23-24(16-21)34-18-33-23/h4,6-12,15-16,25H,3,5,13-14,17-18H2,1-2H3,(H,28,30)/t25-/m1/s1. The fourth-order valence-corrected chi connectivity index (χ4v) is 4.60. The predicted molar refractivity (Wildman–Crippen MR) is 135 cm³/mol. The molecule has 0 aliphatic carbocycles.